The lowest BCUT2D eigenvalue weighted by atomic mass is 10.1. The van der Waals surface area contributed by atoms with Gasteiger partial charge in [0.1, 0.15) is 0 Å². The number of aromatic nitrogens is 2. The summed E-state index contributed by atoms with van der Waals surface area (Å²) in [5.41, 5.74) is 0.894. The van der Waals surface area contributed by atoms with Crippen LogP contribution in [0, 0.1) is 6.92 Å². The van der Waals surface area contributed by atoms with E-state index in [1.54, 1.807) is 16.8 Å². The van der Waals surface area contributed by atoms with Crippen molar-refractivity contribution in [3.63, 3.8) is 0 Å². The van der Waals surface area contributed by atoms with Gasteiger partial charge in [0.25, 0.3) is 5.56 Å². The van der Waals surface area contributed by atoms with Gasteiger partial charge < -0.3 is 5.32 Å². The molecule has 4 nitrogen and oxygen atoms in total. The molecule has 1 aromatic heterocycles. The molecule has 0 spiro atoms. The molecule has 0 bridgehead atoms. The van der Waals surface area contributed by atoms with Gasteiger partial charge in [-0.25, -0.2) is 4.68 Å². The van der Waals surface area contributed by atoms with Crippen LogP contribution in [-0.4, -0.2) is 22.4 Å². The number of unbranched alkanes of at least 4 members (excludes halogenated alkanes) is 1. The Hall–Kier alpha value is -1.16. The molecule has 0 aromatic carbocycles. The quantitative estimate of drug-likeness (QED) is 0.720. The zero-order chi connectivity index (χ0) is 13.4. The van der Waals surface area contributed by atoms with E-state index in [1.165, 1.54) is 6.42 Å². The summed E-state index contributed by atoms with van der Waals surface area (Å²) in [5, 5.41) is 7.69. The summed E-state index contributed by atoms with van der Waals surface area (Å²) in [4.78, 5) is 11.5. The van der Waals surface area contributed by atoms with Crippen LogP contribution in [0.3, 0.4) is 0 Å². The SMILES string of the molecule is CCCNC(C)CCCCn1nc(C)ccc1=O. The van der Waals surface area contributed by atoms with Crippen molar-refractivity contribution in [3.05, 3.63) is 28.2 Å². The van der Waals surface area contributed by atoms with Crippen molar-refractivity contribution in [2.75, 3.05) is 6.54 Å². The Bertz CT molecular complexity index is 400. The normalized spacial score (nSPS) is 12.6. The van der Waals surface area contributed by atoms with E-state index in [1.807, 2.05) is 6.92 Å². The smallest absolute Gasteiger partial charge is 0.266 e. The second-order valence-corrected chi connectivity index (χ2v) is 4.89. The molecule has 0 fully saturated rings. The second kappa shape index (κ2) is 8.03. The highest BCUT2D eigenvalue weighted by Gasteiger charge is 2.01. The Balaban J connectivity index is 2.25. The van der Waals surface area contributed by atoms with E-state index < -0.39 is 0 Å². The molecule has 0 aliphatic heterocycles. The standard InChI is InChI=1S/C14H25N3O/c1-4-10-15-12(2)7-5-6-11-17-14(18)9-8-13(3)16-17/h8-9,12,15H,4-7,10-11H2,1-3H3. The fraction of sp³-hybridized carbons (Fsp3) is 0.714. The van der Waals surface area contributed by atoms with Gasteiger partial charge in [0.2, 0.25) is 0 Å². The predicted molar refractivity (Wildman–Crippen MR) is 74.8 cm³/mol. The molecule has 4 heteroatoms. The van der Waals surface area contributed by atoms with Crippen LogP contribution in [0.2, 0.25) is 0 Å². The first-order chi connectivity index (χ1) is 8.63. The summed E-state index contributed by atoms with van der Waals surface area (Å²) in [6, 6.07) is 3.91. The predicted octanol–water partition coefficient (Wildman–Crippen LogP) is 2.11. The summed E-state index contributed by atoms with van der Waals surface area (Å²) in [6.07, 6.45) is 4.46. The molecule has 1 atom stereocenters. The lowest BCUT2D eigenvalue weighted by Gasteiger charge is -2.12. The summed E-state index contributed by atoms with van der Waals surface area (Å²) in [7, 11) is 0. The molecule has 0 saturated heterocycles. The van der Waals surface area contributed by atoms with Gasteiger partial charge in [0.15, 0.2) is 0 Å². The molecule has 1 rings (SSSR count). The van der Waals surface area contributed by atoms with Gasteiger partial charge in [-0.1, -0.05) is 13.3 Å². The third kappa shape index (κ3) is 5.45. The lowest BCUT2D eigenvalue weighted by molar-refractivity contribution is 0.459. The van der Waals surface area contributed by atoms with E-state index in [0.29, 0.717) is 6.04 Å². The minimum absolute atomic E-state index is 0.00208. The molecule has 0 aliphatic carbocycles. The van der Waals surface area contributed by atoms with Crippen LogP contribution in [0.4, 0.5) is 0 Å². The average Bonchev–Trinajstić information content (AvgIpc) is 2.36. The van der Waals surface area contributed by atoms with E-state index in [0.717, 1.165) is 38.0 Å². The highest BCUT2D eigenvalue weighted by molar-refractivity contribution is 4.96. The average molecular weight is 251 g/mol. The summed E-state index contributed by atoms with van der Waals surface area (Å²) in [5.74, 6) is 0. The topological polar surface area (TPSA) is 46.9 Å². The Morgan fingerprint density at radius 2 is 2.17 bits per heavy atom. The molecule has 0 radical (unpaired) electrons. The molecule has 18 heavy (non-hydrogen) atoms. The zero-order valence-corrected chi connectivity index (χ0v) is 11.8. The first-order valence-corrected chi connectivity index (χ1v) is 6.91. The third-order valence-corrected chi connectivity index (χ3v) is 3.00. The van der Waals surface area contributed by atoms with Gasteiger partial charge in [-0.15, -0.1) is 0 Å². The molecule has 1 N–H and O–H groups in total. The van der Waals surface area contributed by atoms with Crippen molar-refractivity contribution in [2.45, 2.75) is 59.0 Å². The number of rotatable bonds is 8. The molecule has 1 aromatic rings. The number of hydrogen-bond acceptors (Lipinski definition) is 3. The number of aryl methyl sites for hydroxylation is 2. The van der Waals surface area contributed by atoms with Crippen molar-refractivity contribution < 1.29 is 0 Å². The first kappa shape index (κ1) is 14.9. The Morgan fingerprint density at radius 1 is 1.39 bits per heavy atom. The molecule has 0 aliphatic rings. The van der Waals surface area contributed by atoms with Crippen LogP contribution in [0.1, 0.15) is 45.2 Å². The van der Waals surface area contributed by atoms with Gasteiger partial charge in [0, 0.05) is 18.7 Å². The van der Waals surface area contributed by atoms with Gasteiger partial charge >= 0.3 is 0 Å². The van der Waals surface area contributed by atoms with Crippen molar-refractivity contribution in [3.8, 4) is 0 Å². The highest BCUT2D eigenvalue weighted by atomic mass is 16.1. The fourth-order valence-electron chi connectivity index (χ4n) is 1.92. The number of hydrogen-bond donors (Lipinski definition) is 1. The number of nitrogens with one attached hydrogen (secondary N) is 1. The minimum Gasteiger partial charge on any atom is -0.314 e. The van der Waals surface area contributed by atoms with E-state index in [9.17, 15) is 4.79 Å². The van der Waals surface area contributed by atoms with Gasteiger partial charge in [0.05, 0.1) is 5.69 Å². The maximum atomic E-state index is 11.5. The van der Waals surface area contributed by atoms with Crippen LogP contribution in [0.25, 0.3) is 0 Å². The van der Waals surface area contributed by atoms with Gasteiger partial charge in [-0.2, -0.15) is 5.10 Å². The van der Waals surface area contributed by atoms with E-state index in [-0.39, 0.29) is 5.56 Å². The van der Waals surface area contributed by atoms with Gasteiger partial charge in [-0.3, -0.25) is 4.79 Å². The van der Waals surface area contributed by atoms with Crippen LogP contribution in [0.15, 0.2) is 16.9 Å². The van der Waals surface area contributed by atoms with Crippen LogP contribution in [-0.2, 0) is 6.54 Å². The van der Waals surface area contributed by atoms with Crippen molar-refractivity contribution in [2.24, 2.45) is 0 Å². The summed E-state index contributed by atoms with van der Waals surface area (Å²) >= 11 is 0. The van der Waals surface area contributed by atoms with Crippen molar-refractivity contribution in [1.82, 2.24) is 15.1 Å². The molecule has 1 heterocycles. The van der Waals surface area contributed by atoms with Crippen LogP contribution in [0.5, 0.6) is 0 Å². The lowest BCUT2D eigenvalue weighted by Crippen LogP contribution is -2.27. The van der Waals surface area contributed by atoms with E-state index in [4.69, 9.17) is 0 Å². The second-order valence-electron chi connectivity index (χ2n) is 4.89. The maximum Gasteiger partial charge on any atom is 0.266 e. The van der Waals surface area contributed by atoms with Crippen molar-refractivity contribution in [1.29, 1.82) is 0 Å². The summed E-state index contributed by atoms with van der Waals surface area (Å²) < 4.78 is 1.57. The Morgan fingerprint density at radius 3 is 2.89 bits per heavy atom. The highest BCUT2D eigenvalue weighted by Crippen LogP contribution is 2.01. The molecular weight excluding hydrogens is 226 g/mol. The third-order valence-electron chi connectivity index (χ3n) is 3.00. The Labute approximate surface area is 109 Å². The molecule has 0 amide bonds. The van der Waals surface area contributed by atoms with E-state index in [2.05, 4.69) is 24.3 Å². The molecule has 0 saturated carbocycles. The fourth-order valence-corrected chi connectivity index (χ4v) is 1.92. The summed E-state index contributed by atoms with van der Waals surface area (Å²) in [6.45, 7) is 8.11. The maximum absolute atomic E-state index is 11.5. The molecular formula is C14H25N3O. The van der Waals surface area contributed by atoms with Crippen molar-refractivity contribution >= 4 is 0 Å². The largest absolute Gasteiger partial charge is 0.314 e. The van der Waals surface area contributed by atoms with Crippen LogP contribution < -0.4 is 10.9 Å². The first-order valence-electron chi connectivity index (χ1n) is 6.91. The minimum atomic E-state index is -0.00208. The zero-order valence-electron chi connectivity index (χ0n) is 11.8. The van der Waals surface area contributed by atoms with E-state index >= 15 is 0 Å². The van der Waals surface area contributed by atoms with Crippen LogP contribution >= 0.6 is 0 Å². The molecule has 1 unspecified atom stereocenters. The number of nitrogens with zero attached hydrogens (tertiary/aromatic N) is 2. The Kier molecular flexibility index (Phi) is 6.65. The van der Waals surface area contributed by atoms with Gasteiger partial charge in [-0.05, 0) is 45.7 Å². The molecule has 102 valence electrons. The monoisotopic (exact) mass is 251 g/mol.